The number of nitrogens with zero attached hydrogens (tertiary/aromatic N) is 1. The van der Waals surface area contributed by atoms with Crippen molar-refractivity contribution in [2.45, 2.75) is 33.3 Å². The van der Waals surface area contributed by atoms with Crippen LogP contribution in [0.25, 0.3) is 0 Å². The molecule has 0 heterocycles. The largest absolute Gasteiger partial charge is 0.282 e. The number of hydrogen-bond acceptors (Lipinski definition) is 3. The molecule has 0 radical (unpaired) electrons. The van der Waals surface area contributed by atoms with Crippen molar-refractivity contribution < 1.29 is 4.92 Å². The molecule has 0 N–H and O–H groups in total. The molecule has 96 valence electrons. The number of fused-ring (bicyclic) bond motifs is 2. The van der Waals surface area contributed by atoms with E-state index in [9.17, 15) is 10.1 Å². The predicted molar refractivity (Wildman–Crippen MR) is 81.4 cm³/mol. The zero-order valence-electron chi connectivity index (χ0n) is 9.79. The molecule has 0 aromatic heterocycles. The first kappa shape index (κ1) is 12.7. The molecule has 0 saturated heterocycles. The van der Waals surface area contributed by atoms with Gasteiger partial charge in [-0.15, -0.1) is 11.8 Å². The highest BCUT2D eigenvalue weighted by molar-refractivity contribution is 14.1. The average molecular weight is 375 g/mol. The van der Waals surface area contributed by atoms with Gasteiger partial charge in [0.1, 0.15) is 0 Å². The normalized spacial score (nSPS) is 33.8. The van der Waals surface area contributed by atoms with Gasteiger partial charge in [0.25, 0.3) is 5.69 Å². The number of halogens is 1. The Morgan fingerprint density at radius 1 is 1.33 bits per heavy atom. The van der Waals surface area contributed by atoms with Crippen LogP contribution in [0.1, 0.15) is 19.3 Å². The molecule has 0 spiro atoms. The lowest BCUT2D eigenvalue weighted by molar-refractivity contribution is -0.387. The van der Waals surface area contributed by atoms with Crippen LogP contribution in [0.3, 0.4) is 0 Å². The number of rotatable bonds is 3. The standard InChI is InChI=1S/C13H14INO2S/c14-10-7-8-5-6-9(10)13(8)18-12-4-2-1-3-11(12)15(16)17/h1-4,8-10,13H,5-7H2. The van der Waals surface area contributed by atoms with Crippen molar-refractivity contribution in [3.8, 4) is 0 Å². The number of alkyl halides is 1. The van der Waals surface area contributed by atoms with Gasteiger partial charge in [-0.05, 0) is 37.2 Å². The van der Waals surface area contributed by atoms with E-state index in [1.54, 1.807) is 23.9 Å². The summed E-state index contributed by atoms with van der Waals surface area (Å²) in [4.78, 5) is 11.6. The lowest BCUT2D eigenvalue weighted by Crippen LogP contribution is -2.13. The van der Waals surface area contributed by atoms with E-state index >= 15 is 0 Å². The zero-order valence-corrected chi connectivity index (χ0v) is 12.8. The zero-order chi connectivity index (χ0) is 12.7. The maximum Gasteiger partial charge on any atom is 0.282 e. The Hall–Kier alpha value is -0.300. The van der Waals surface area contributed by atoms with Gasteiger partial charge in [0.15, 0.2) is 0 Å². The first-order valence-electron chi connectivity index (χ1n) is 6.21. The molecule has 4 unspecified atom stereocenters. The Morgan fingerprint density at radius 3 is 2.72 bits per heavy atom. The molecule has 18 heavy (non-hydrogen) atoms. The van der Waals surface area contributed by atoms with Crippen molar-refractivity contribution in [3.05, 3.63) is 34.4 Å². The van der Waals surface area contributed by atoms with E-state index in [2.05, 4.69) is 22.6 Å². The molecule has 3 rings (SSSR count). The smallest absolute Gasteiger partial charge is 0.258 e. The fraction of sp³-hybridized carbons (Fsp3) is 0.538. The van der Waals surface area contributed by atoms with E-state index in [4.69, 9.17) is 0 Å². The van der Waals surface area contributed by atoms with E-state index in [1.807, 2.05) is 12.1 Å². The van der Waals surface area contributed by atoms with Crippen molar-refractivity contribution >= 4 is 40.0 Å². The maximum absolute atomic E-state index is 11.0. The molecular weight excluding hydrogens is 361 g/mol. The molecule has 0 amide bonds. The number of thioether (sulfide) groups is 1. The minimum Gasteiger partial charge on any atom is -0.258 e. The second-order valence-electron chi connectivity index (χ2n) is 5.06. The Kier molecular flexibility index (Phi) is 3.53. The molecule has 1 aromatic carbocycles. The Labute approximate surface area is 124 Å². The van der Waals surface area contributed by atoms with Gasteiger partial charge in [0, 0.05) is 15.2 Å². The second kappa shape index (κ2) is 5.00. The quantitative estimate of drug-likeness (QED) is 0.343. The summed E-state index contributed by atoms with van der Waals surface area (Å²) in [5.74, 6) is 1.52. The molecule has 2 saturated carbocycles. The molecule has 1 aromatic rings. The number of nitro groups is 1. The lowest BCUT2D eigenvalue weighted by atomic mass is 10.0. The summed E-state index contributed by atoms with van der Waals surface area (Å²) in [6, 6.07) is 7.14. The van der Waals surface area contributed by atoms with Crippen LogP contribution >= 0.6 is 34.4 Å². The predicted octanol–water partition coefficient (Wildman–Crippen LogP) is 4.29. The van der Waals surface area contributed by atoms with Gasteiger partial charge in [-0.1, -0.05) is 34.7 Å². The van der Waals surface area contributed by atoms with Crippen LogP contribution in [-0.2, 0) is 0 Å². The third-order valence-corrected chi connectivity index (χ3v) is 7.11. The van der Waals surface area contributed by atoms with Crippen molar-refractivity contribution in [2.24, 2.45) is 11.8 Å². The molecule has 2 aliphatic rings. The first-order valence-corrected chi connectivity index (χ1v) is 8.33. The van der Waals surface area contributed by atoms with Gasteiger partial charge in [0.05, 0.1) is 9.82 Å². The van der Waals surface area contributed by atoms with Crippen LogP contribution in [0.15, 0.2) is 29.2 Å². The number of para-hydroxylation sites is 1. The second-order valence-corrected chi connectivity index (χ2v) is 7.88. The Morgan fingerprint density at radius 2 is 2.11 bits per heavy atom. The Balaban J connectivity index is 1.84. The van der Waals surface area contributed by atoms with Crippen molar-refractivity contribution in [2.75, 3.05) is 0 Å². The molecule has 5 heteroatoms. The van der Waals surface area contributed by atoms with Crippen LogP contribution in [0.4, 0.5) is 5.69 Å². The fourth-order valence-corrected chi connectivity index (χ4v) is 6.62. The van der Waals surface area contributed by atoms with Crippen LogP contribution < -0.4 is 0 Å². The van der Waals surface area contributed by atoms with E-state index in [0.717, 1.165) is 20.7 Å². The van der Waals surface area contributed by atoms with Crippen LogP contribution in [-0.4, -0.2) is 14.1 Å². The number of hydrogen-bond donors (Lipinski definition) is 0. The van der Waals surface area contributed by atoms with Gasteiger partial charge in [-0.3, -0.25) is 10.1 Å². The van der Waals surface area contributed by atoms with Crippen LogP contribution in [0.5, 0.6) is 0 Å². The maximum atomic E-state index is 11.0. The molecule has 4 atom stereocenters. The third-order valence-electron chi connectivity index (χ3n) is 4.07. The van der Waals surface area contributed by atoms with E-state index < -0.39 is 0 Å². The summed E-state index contributed by atoms with van der Waals surface area (Å²) in [5, 5.41) is 11.6. The van der Waals surface area contributed by atoms with Crippen LogP contribution in [0.2, 0.25) is 0 Å². The van der Waals surface area contributed by atoms with Crippen LogP contribution in [0, 0.1) is 22.0 Å². The minimum absolute atomic E-state index is 0.263. The van der Waals surface area contributed by atoms with Crippen molar-refractivity contribution in [3.63, 3.8) is 0 Å². The summed E-state index contributed by atoms with van der Waals surface area (Å²) in [6.45, 7) is 0. The van der Waals surface area contributed by atoms with Gasteiger partial charge < -0.3 is 0 Å². The van der Waals surface area contributed by atoms with Gasteiger partial charge >= 0.3 is 0 Å². The van der Waals surface area contributed by atoms with Gasteiger partial charge in [-0.2, -0.15) is 0 Å². The molecule has 0 aliphatic heterocycles. The summed E-state index contributed by atoms with van der Waals surface area (Å²) < 4.78 is 0.765. The minimum atomic E-state index is -0.263. The molecular formula is C13H14INO2S. The summed E-state index contributed by atoms with van der Waals surface area (Å²) in [5.41, 5.74) is 0.263. The summed E-state index contributed by atoms with van der Waals surface area (Å²) in [7, 11) is 0. The number of nitro benzene ring substituents is 1. The molecule has 2 fully saturated rings. The van der Waals surface area contributed by atoms with E-state index in [-0.39, 0.29) is 10.6 Å². The first-order chi connectivity index (χ1) is 8.66. The van der Waals surface area contributed by atoms with Gasteiger partial charge in [-0.25, -0.2) is 0 Å². The summed E-state index contributed by atoms with van der Waals surface area (Å²) in [6.07, 6.45) is 3.91. The molecule has 2 aliphatic carbocycles. The fourth-order valence-electron chi connectivity index (χ4n) is 3.23. The van der Waals surface area contributed by atoms with E-state index in [1.165, 1.54) is 19.3 Å². The highest BCUT2D eigenvalue weighted by Crippen LogP contribution is 2.55. The highest BCUT2D eigenvalue weighted by Gasteiger charge is 2.47. The molecule has 2 bridgehead atoms. The average Bonchev–Trinajstić information content (AvgIpc) is 2.85. The number of benzene rings is 1. The summed E-state index contributed by atoms with van der Waals surface area (Å²) >= 11 is 4.30. The molecule has 3 nitrogen and oxygen atoms in total. The lowest BCUT2D eigenvalue weighted by Gasteiger charge is -2.16. The van der Waals surface area contributed by atoms with E-state index in [0.29, 0.717) is 5.25 Å². The highest BCUT2D eigenvalue weighted by atomic mass is 127. The third kappa shape index (κ3) is 2.15. The SMILES string of the molecule is O=[N+]([O-])c1ccccc1SC1C2CCC1C(I)C2. The van der Waals surface area contributed by atoms with Crippen molar-refractivity contribution in [1.82, 2.24) is 0 Å². The topological polar surface area (TPSA) is 43.1 Å². The van der Waals surface area contributed by atoms with Gasteiger partial charge in [0.2, 0.25) is 0 Å². The Bertz CT molecular complexity index is 482. The monoisotopic (exact) mass is 375 g/mol. The van der Waals surface area contributed by atoms with Crippen molar-refractivity contribution in [1.29, 1.82) is 0 Å².